The number of pyridine rings is 1. The molecule has 0 radical (unpaired) electrons. The standard InChI is InChI=1S/C18H22ClN5O/c19-15-6-4-14(5-7-15)16(24-9-11-25-12-10-24)13-22-18(20)23-17-3-1-2-8-21-17/h1-8,16H,9-13H2,(H3,20,21,22,23). The molecule has 0 bridgehead atoms. The first-order valence-electron chi connectivity index (χ1n) is 8.27. The van der Waals surface area contributed by atoms with E-state index in [1.807, 2.05) is 42.5 Å². The predicted octanol–water partition coefficient (Wildman–Crippen LogP) is 2.54. The number of guanidine groups is 1. The van der Waals surface area contributed by atoms with Crippen LogP contribution in [0.25, 0.3) is 0 Å². The highest BCUT2D eigenvalue weighted by atomic mass is 35.5. The summed E-state index contributed by atoms with van der Waals surface area (Å²) in [6.45, 7) is 3.75. The number of rotatable bonds is 5. The third-order valence-electron chi connectivity index (χ3n) is 4.10. The van der Waals surface area contributed by atoms with E-state index in [1.54, 1.807) is 6.20 Å². The second kappa shape index (κ2) is 8.80. The average molecular weight is 360 g/mol. The summed E-state index contributed by atoms with van der Waals surface area (Å²) in [6, 6.07) is 13.6. The molecule has 1 aliphatic rings. The largest absolute Gasteiger partial charge is 0.379 e. The van der Waals surface area contributed by atoms with Crippen molar-refractivity contribution in [3.05, 3.63) is 59.2 Å². The number of aromatic nitrogens is 1. The van der Waals surface area contributed by atoms with E-state index in [0.717, 1.165) is 31.3 Å². The third-order valence-corrected chi connectivity index (χ3v) is 4.35. The Hall–Kier alpha value is -2.15. The van der Waals surface area contributed by atoms with Gasteiger partial charge in [0.2, 0.25) is 0 Å². The summed E-state index contributed by atoms with van der Waals surface area (Å²) in [7, 11) is 0. The molecule has 2 aromatic rings. The first-order chi connectivity index (χ1) is 12.2. The Balaban J connectivity index is 1.72. The van der Waals surface area contributed by atoms with Crippen LogP contribution in [0.2, 0.25) is 5.02 Å². The number of nitrogens with zero attached hydrogens (tertiary/aromatic N) is 3. The van der Waals surface area contributed by atoms with Gasteiger partial charge < -0.3 is 15.8 Å². The Bertz CT molecular complexity index is 686. The molecule has 0 saturated carbocycles. The molecule has 132 valence electrons. The fourth-order valence-corrected chi connectivity index (χ4v) is 2.92. The molecule has 3 N–H and O–H groups in total. The average Bonchev–Trinajstić information content (AvgIpc) is 2.65. The van der Waals surface area contributed by atoms with Gasteiger partial charge in [0.25, 0.3) is 0 Å². The molecule has 0 aliphatic carbocycles. The van der Waals surface area contributed by atoms with Crippen LogP contribution in [-0.4, -0.2) is 48.7 Å². The molecule has 1 saturated heterocycles. The highest BCUT2D eigenvalue weighted by Gasteiger charge is 2.22. The SMILES string of the molecule is NC(=NCC(c1ccc(Cl)cc1)N1CCOCC1)Nc1ccccn1. The summed E-state index contributed by atoms with van der Waals surface area (Å²) in [5, 5.41) is 3.74. The maximum atomic E-state index is 6.02. The van der Waals surface area contributed by atoms with Gasteiger partial charge in [-0.3, -0.25) is 9.89 Å². The van der Waals surface area contributed by atoms with Gasteiger partial charge in [-0.25, -0.2) is 4.98 Å². The number of nitrogens with two attached hydrogens (primary N) is 1. The molecule has 1 atom stereocenters. The summed E-state index contributed by atoms with van der Waals surface area (Å²) < 4.78 is 5.47. The fourth-order valence-electron chi connectivity index (χ4n) is 2.80. The molecule has 1 fully saturated rings. The summed E-state index contributed by atoms with van der Waals surface area (Å²) >= 11 is 6.02. The molecule has 25 heavy (non-hydrogen) atoms. The van der Waals surface area contributed by atoms with Crippen LogP contribution < -0.4 is 11.1 Å². The zero-order valence-corrected chi connectivity index (χ0v) is 14.7. The van der Waals surface area contributed by atoms with Crippen molar-refractivity contribution in [3.63, 3.8) is 0 Å². The molecule has 0 spiro atoms. The maximum absolute atomic E-state index is 6.02. The van der Waals surface area contributed by atoms with E-state index < -0.39 is 0 Å². The lowest BCUT2D eigenvalue weighted by atomic mass is 10.0. The molecule has 2 heterocycles. The van der Waals surface area contributed by atoms with E-state index in [0.29, 0.717) is 18.3 Å². The fraction of sp³-hybridized carbons (Fsp3) is 0.333. The number of nitrogens with one attached hydrogen (secondary N) is 1. The lowest BCUT2D eigenvalue weighted by Gasteiger charge is -2.34. The van der Waals surface area contributed by atoms with Crippen molar-refractivity contribution in [3.8, 4) is 0 Å². The van der Waals surface area contributed by atoms with Crippen LogP contribution in [0.15, 0.2) is 53.7 Å². The lowest BCUT2D eigenvalue weighted by molar-refractivity contribution is 0.0180. The Kier molecular flexibility index (Phi) is 6.22. The van der Waals surface area contributed by atoms with Gasteiger partial charge in [0.05, 0.1) is 25.8 Å². The van der Waals surface area contributed by atoms with Crippen molar-refractivity contribution in [1.82, 2.24) is 9.88 Å². The van der Waals surface area contributed by atoms with Crippen molar-refractivity contribution in [2.45, 2.75) is 6.04 Å². The van der Waals surface area contributed by atoms with E-state index in [-0.39, 0.29) is 6.04 Å². The van der Waals surface area contributed by atoms with Gasteiger partial charge in [0.15, 0.2) is 5.96 Å². The zero-order chi connectivity index (χ0) is 17.5. The Morgan fingerprint density at radius 2 is 2.00 bits per heavy atom. The number of hydrogen-bond donors (Lipinski definition) is 2. The minimum Gasteiger partial charge on any atom is -0.379 e. The number of ether oxygens (including phenoxy) is 1. The van der Waals surface area contributed by atoms with Crippen molar-refractivity contribution in [2.75, 3.05) is 38.2 Å². The molecule has 1 unspecified atom stereocenters. The van der Waals surface area contributed by atoms with Gasteiger partial charge in [0.1, 0.15) is 5.82 Å². The first-order valence-corrected chi connectivity index (χ1v) is 8.65. The van der Waals surface area contributed by atoms with Crippen molar-refractivity contribution in [2.24, 2.45) is 10.7 Å². The minimum atomic E-state index is 0.130. The van der Waals surface area contributed by atoms with Crippen LogP contribution in [0.5, 0.6) is 0 Å². The van der Waals surface area contributed by atoms with Crippen LogP contribution in [0, 0.1) is 0 Å². The van der Waals surface area contributed by atoms with Gasteiger partial charge in [0, 0.05) is 24.3 Å². The summed E-state index contributed by atoms with van der Waals surface area (Å²) in [5.41, 5.74) is 7.19. The quantitative estimate of drug-likeness (QED) is 0.633. The van der Waals surface area contributed by atoms with Crippen LogP contribution in [0.1, 0.15) is 11.6 Å². The molecule has 6 nitrogen and oxygen atoms in total. The lowest BCUT2D eigenvalue weighted by Crippen LogP contribution is -2.40. The Morgan fingerprint density at radius 1 is 1.24 bits per heavy atom. The van der Waals surface area contributed by atoms with Crippen LogP contribution in [0.3, 0.4) is 0 Å². The van der Waals surface area contributed by atoms with Crippen molar-refractivity contribution < 1.29 is 4.74 Å². The van der Waals surface area contributed by atoms with Crippen molar-refractivity contribution in [1.29, 1.82) is 0 Å². The highest BCUT2D eigenvalue weighted by Crippen LogP contribution is 2.24. The Morgan fingerprint density at radius 3 is 2.68 bits per heavy atom. The molecular formula is C18H22ClN5O. The molecular weight excluding hydrogens is 338 g/mol. The van der Waals surface area contributed by atoms with Gasteiger partial charge in [-0.15, -0.1) is 0 Å². The number of halogens is 1. The van der Waals surface area contributed by atoms with Gasteiger partial charge in [-0.1, -0.05) is 29.8 Å². The highest BCUT2D eigenvalue weighted by molar-refractivity contribution is 6.30. The maximum Gasteiger partial charge on any atom is 0.194 e. The number of anilines is 1. The van der Waals surface area contributed by atoms with Crippen LogP contribution >= 0.6 is 11.6 Å². The summed E-state index contributed by atoms with van der Waals surface area (Å²) in [4.78, 5) is 11.1. The molecule has 0 amide bonds. The smallest absolute Gasteiger partial charge is 0.194 e. The second-order valence-electron chi connectivity index (χ2n) is 5.78. The second-order valence-corrected chi connectivity index (χ2v) is 6.22. The van der Waals surface area contributed by atoms with Gasteiger partial charge >= 0.3 is 0 Å². The van der Waals surface area contributed by atoms with Gasteiger partial charge in [-0.05, 0) is 29.8 Å². The van der Waals surface area contributed by atoms with Crippen molar-refractivity contribution >= 4 is 23.4 Å². The van der Waals surface area contributed by atoms with Crippen LogP contribution in [-0.2, 0) is 4.74 Å². The molecule has 1 aromatic carbocycles. The molecule has 7 heteroatoms. The topological polar surface area (TPSA) is 75.8 Å². The van der Waals surface area contributed by atoms with Gasteiger partial charge in [-0.2, -0.15) is 0 Å². The van der Waals surface area contributed by atoms with E-state index in [2.05, 4.69) is 20.2 Å². The number of benzene rings is 1. The third kappa shape index (κ3) is 5.16. The molecule has 1 aromatic heterocycles. The van der Waals surface area contributed by atoms with E-state index in [1.165, 1.54) is 5.56 Å². The normalized spacial score (nSPS) is 17.2. The molecule has 3 rings (SSSR count). The molecule has 1 aliphatic heterocycles. The zero-order valence-electron chi connectivity index (χ0n) is 13.9. The minimum absolute atomic E-state index is 0.130. The number of hydrogen-bond acceptors (Lipinski definition) is 4. The van der Waals surface area contributed by atoms with E-state index >= 15 is 0 Å². The monoisotopic (exact) mass is 359 g/mol. The predicted molar refractivity (Wildman–Crippen MR) is 101 cm³/mol. The summed E-state index contributed by atoms with van der Waals surface area (Å²) in [6.07, 6.45) is 1.71. The van der Waals surface area contributed by atoms with E-state index in [4.69, 9.17) is 22.1 Å². The number of morpholine rings is 1. The Labute approximate surface area is 152 Å². The number of aliphatic imine (C=N–C) groups is 1. The van der Waals surface area contributed by atoms with Crippen LogP contribution in [0.4, 0.5) is 5.82 Å². The first kappa shape index (κ1) is 17.7. The van der Waals surface area contributed by atoms with E-state index in [9.17, 15) is 0 Å². The summed E-state index contributed by atoms with van der Waals surface area (Å²) in [5.74, 6) is 1.03.